The van der Waals surface area contributed by atoms with Crippen molar-refractivity contribution in [3.05, 3.63) is 29.8 Å². The fourth-order valence-electron chi connectivity index (χ4n) is 4.22. The number of rotatable bonds is 7. The smallest absolute Gasteiger partial charge is 0.253 e. The molecule has 2 amide bonds. The van der Waals surface area contributed by atoms with Crippen LogP contribution in [0.1, 0.15) is 49.9 Å². The van der Waals surface area contributed by atoms with Gasteiger partial charge in [-0.2, -0.15) is 0 Å². The normalized spacial score (nSPS) is 19.0. The first-order chi connectivity index (χ1) is 13.6. The second-order valence-corrected chi connectivity index (χ2v) is 7.79. The van der Waals surface area contributed by atoms with Crippen LogP contribution in [0.5, 0.6) is 0 Å². The van der Waals surface area contributed by atoms with Gasteiger partial charge in [0.2, 0.25) is 5.91 Å². The number of anilines is 1. The Hall–Kier alpha value is -1.50. The van der Waals surface area contributed by atoms with Gasteiger partial charge in [-0.05, 0) is 50.5 Å². The van der Waals surface area contributed by atoms with Gasteiger partial charge < -0.3 is 20.0 Å². The highest BCUT2D eigenvalue weighted by Gasteiger charge is 2.31. The number of amides is 2. The van der Waals surface area contributed by atoms with E-state index >= 15 is 0 Å². The van der Waals surface area contributed by atoms with Gasteiger partial charge in [-0.25, -0.2) is 0 Å². The van der Waals surface area contributed by atoms with E-state index in [-0.39, 0.29) is 42.7 Å². The molecule has 0 radical (unpaired) electrons. The zero-order chi connectivity index (χ0) is 19.9. The highest BCUT2D eigenvalue weighted by Crippen LogP contribution is 2.21. The molecule has 1 atom stereocenters. The van der Waals surface area contributed by atoms with Crippen molar-refractivity contribution in [2.24, 2.45) is 0 Å². The van der Waals surface area contributed by atoms with Crippen molar-refractivity contribution >= 4 is 42.3 Å². The van der Waals surface area contributed by atoms with Crippen LogP contribution in [0.25, 0.3) is 0 Å². The summed E-state index contributed by atoms with van der Waals surface area (Å²) in [6.45, 7) is 9.80. The fourth-order valence-corrected chi connectivity index (χ4v) is 4.22. The molecule has 2 aliphatic heterocycles. The fraction of sp³-hybridized carbons (Fsp3) is 0.636. The summed E-state index contributed by atoms with van der Waals surface area (Å²) in [6.07, 6.45) is 4.29. The molecule has 0 aromatic heterocycles. The van der Waals surface area contributed by atoms with E-state index in [9.17, 15) is 9.59 Å². The lowest BCUT2D eigenvalue weighted by molar-refractivity contribution is -0.135. The average Bonchev–Trinajstić information content (AvgIpc) is 2.74. The Bertz CT molecular complexity index is 672. The monoisotopic (exact) mass is 458 g/mol. The Kier molecular flexibility index (Phi) is 11.5. The first kappa shape index (κ1) is 26.5. The summed E-state index contributed by atoms with van der Waals surface area (Å²) in [7, 11) is 0. The maximum absolute atomic E-state index is 13.0. The Morgan fingerprint density at radius 3 is 2.53 bits per heavy atom. The lowest BCUT2D eigenvalue weighted by Crippen LogP contribution is -2.57. The predicted molar refractivity (Wildman–Crippen MR) is 127 cm³/mol. The second kappa shape index (κ2) is 13.0. The van der Waals surface area contributed by atoms with E-state index in [1.807, 2.05) is 21.9 Å². The van der Waals surface area contributed by atoms with Crippen LogP contribution in [0.2, 0.25) is 0 Å². The van der Waals surface area contributed by atoms with Crippen LogP contribution < -0.4 is 10.2 Å². The zero-order valence-corrected chi connectivity index (χ0v) is 19.8. The molecule has 2 fully saturated rings. The van der Waals surface area contributed by atoms with Gasteiger partial charge in [0, 0.05) is 56.6 Å². The third-order valence-electron chi connectivity index (χ3n) is 5.89. The Balaban J connectivity index is 0.00000225. The van der Waals surface area contributed by atoms with Gasteiger partial charge in [-0.3, -0.25) is 9.59 Å². The number of piperazine rings is 1. The number of likely N-dealkylation sites (tertiary alicyclic amines) is 1. The van der Waals surface area contributed by atoms with Crippen LogP contribution in [0.15, 0.2) is 24.3 Å². The van der Waals surface area contributed by atoms with Crippen LogP contribution in [-0.2, 0) is 4.79 Å². The van der Waals surface area contributed by atoms with Gasteiger partial charge >= 0.3 is 0 Å². The van der Waals surface area contributed by atoms with Crippen molar-refractivity contribution < 1.29 is 9.59 Å². The number of benzene rings is 1. The third-order valence-corrected chi connectivity index (χ3v) is 5.89. The number of nitrogens with zero attached hydrogens (tertiary/aromatic N) is 3. The number of unbranched alkanes of at least 4 members (excludes halogenated alkanes) is 1. The zero-order valence-electron chi connectivity index (χ0n) is 18.1. The van der Waals surface area contributed by atoms with Gasteiger partial charge in [0.1, 0.15) is 0 Å². The summed E-state index contributed by atoms with van der Waals surface area (Å²) < 4.78 is 0. The maximum atomic E-state index is 13.0. The van der Waals surface area contributed by atoms with Crippen LogP contribution in [0, 0.1) is 0 Å². The Labute approximate surface area is 193 Å². The molecule has 1 N–H and O–H groups in total. The summed E-state index contributed by atoms with van der Waals surface area (Å²) in [5.74, 6) is 0.233. The molecule has 170 valence electrons. The Morgan fingerprint density at radius 1 is 1.17 bits per heavy atom. The summed E-state index contributed by atoms with van der Waals surface area (Å²) in [5.41, 5.74) is 1.91. The molecule has 1 aromatic carbocycles. The van der Waals surface area contributed by atoms with Gasteiger partial charge in [0.15, 0.2) is 0 Å². The van der Waals surface area contributed by atoms with Gasteiger partial charge in [0.05, 0.1) is 6.54 Å². The number of piperidine rings is 1. The van der Waals surface area contributed by atoms with Crippen LogP contribution >= 0.6 is 24.8 Å². The summed E-state index contributed by atoms with van der Waals surface area (Å²) in [6, 6.07) is 8.18. The molecule has 0 aliphatic carbocycles. The van der Waals surface area contributed by atoms with Crippen LogP contribution in [0.3, 0.4) is 0 Å². The summed E-state index contributed by atoms with van der Waals surface area (Å²) >= 11 is 0. The topological polar surface area (TPSA) is 55.9 Å². The van der Waals surface area contributed by atoms with Gasteiger partial charge in [-0.15, -0.1) is 24.8 Å². The molecule has 3 rings (SSSR count). The number of hydrogen-bond donors (Lipinski definition) is 1. The first-order valence-electron chi connectivity index (χ1n) is 10.8. The molecule has 0 spiro atoms. The van der Waals surface area contributed by atoms with E-state index in [0.29, 0.717) is 13.1 Å². The molecule has 8 heteroatoms. The number of carbonyl (C=O) groups is 2. The van der Waals surface area contributed by atoms with E-state index in [1.165, 1.54) is 18.5 Å². The molecular weight excluding hydrogens is 423 g/mol. The standard InChI is InChI=1S/C22H34N4O2.2ClH/c1-3-5-13-24(4-2)19-10-8-18(9-11-19)22(28)25-14-6-7-20(17-25)26-15-12-23-16-21(26)27;;/h8-11,20,23H,3-7,12-17H2,1-2H3;2*1H. The lowest BCUT2D eigenvalue weighted by atomic mass is 10.0. The number of nitrogens with one attached hydrogen (secondary N) is 1. The molecule has 0 bridgehead atoms. The molecule has 0 saturated carbocycles. The van der Waals surface area contributed by atoms with Gasteiger partial charge in [-0.1, -0.05) is 13.3 Å². The van der Waals surface area contributed by atoms with Crippen molar-refractivity contribution in [1.82, 2.24) is 15.1 Å². The number of carbonyl (C=O) groups excluding carboxylic acids is 2. The van der Waals surface area contributed by atoms with E-state index in [0.717, 1.165) is 51.1 Å². The molecule has 2 aliphatic rings. The Morgan fingerprint density at radius 2 is 1.90 bits per heavy atom. The van der Waals surface area contributed by atoms with E-state index < -0.39 is 0 Å². The predicted octanol–water partition coefficient (Wildman–Crippen LogP) is 3.19. The van der Waals surface area contributed by atoms with Crippen LogP contribution in [0.4, 0.5) is 5.69 Å². The number of hydrogen-bond acceptors (Lipinski definition) is 4. The second-order valence-electron chi connectivity index (χ2n) is 7.79. The minimum atomic E-state index is 0. The van der Waals surface area contributed by atoms with E-state index in [4.69, 9.17) is 0 Å². The van der Waals surface area contributed by atoms with Crippen molar-refractivity contribution in [2.45, 2.75) is 45.6 Å². The average molecular weight is 459 g/mol. The molecule has 1 unspecified atom stereocenters. The molecular formula is C22H36Cl2N4O2. The van der Waals surface area contributed by atoms with E-state index in [2.05, 4.69) is 36.2 Å². The molecule has 2 heterocycles. The molecule has 30 heavy (non-hydrogen) atoms. The summed E-state index contributed by atoms with van der Waals surface area (Å²) in [5, 5.41) is 3.12. The van der Waals surface area contributed by atoms with E-state index in [1.54, 1.807) is 0 Å². The maximum Gasteiger partial charge on any atom is 0.253 e. The van der Waals surface area contributed by atoms with Crippen molar-refractivity contribution in [2.75, 3.05) is 50.7 Å². The number of halogens is 2. The lowest BCUT2D eigenvalue weighted by Gasteiger charge is -2.41. The highest BCUT2D eigenvalue weighted by atomic mass is 35.5. The molecule has 6 nitrogen and oxygen atoms in total. The minimum Gasteiger partial charge on any atom is -0.372 e. The minimum absolute atomic E-state index is 0. The quantitative estimate of drug-likeness (QED) is 0.681. The van der Waals surface area contributed by atoms with Crippen molar-refractivity contribution in [3.63, 3.8) is 0 Å². The van der Waals surface area contributed by atoms with Gasteiger partial charge in [0.25, 0.3) is 5.91 Å². The molecule has 2 saturated heterocycles. The highest BCUT2D eigenvalue weighted by molar-refractivity contribution is 5.94. The van der Waals surface area contributed by atoms with Crippen LogP contribution in [-0.4, -0.2) is 73.5 Å². The molecule has 1 aromatic rings. The first-order valence-corrected chi connectivity index (χ1v) is 10.8. The van der Waals surface area contributed by atoms with Crippen molar-refractivity contribution in [1.29, 1.82) is 0 Å². The largest absolute Gasteiger partial charge is 0.372 e. The summed E-state index contributed by atoms with van der Waals surface area (Å²) in [4.78, 5) is 31.5. The third kappa shape index (κ3) is 6.50. The van der Waals surface area contributed by atoms with Crippen molar-refractivity contribution in [3.8, 4) is 0 Å². The SMILES string of the molecule is CCCCN(CC)c1ccc(C(=O)N2CCCC(N3CCNCC3=O)C2)cc1.Cl.Cl.